The van der Waals surface area contributed by atoms with E-state index in [2.05, 4.69) is 34.1 Å². The first-order valence-electron chi connectivity index (χ1n) is 9.81. The summed E-state index contributed by atoms with van der Waals surface area (Å²) < 4.78 is 5.22. The number of carbonyl (C=O) groups excluding carboxylic acids is 1. The van der Waals surface area contributed by atoms with E-state index >= 15 is 0 Å². The SMILES string of the molecule is COc1ccc(N2CC3(CN(C(=O)c4csc(Cc5ccccc5)n4)C3)C2)cc1. The van der Waals surface area contributed by atoms with Crippen molar-refractivity contribution in [3.05, 3.63) is 76.2 Å². The third-order valence-corrected chi connectivity index (χ3v) is 6.65. The zero-order chi connectivity index (χ0) is 19.8. The minimum atomic E-state index is 0.0640. The van der Waals surface area contributed by atoms with Crippen LogP contribution in [0.15, 0.2) is 60.0 Å². The van der Waals surface area contributed by atoms with Crippen LogP contribution in [0, 0.1) is 5.41 Å². The van der Waals surface area contributed by atoms with Gasteiger partial charge in [0.15, 0.2) is 0 Å². The van der Waals surface area contributed by atoms with Gasteiger partial charge in [0.1, 0.15) is 11.4 Å². The minimum Gasteiger partial charge on any atom is -0.497 e. The number of rotatable bonds is 5. The van der Waals surface area contributed by atoms with E-state index < -0.39 is 0 Å². The van der Waals surface area contributed by atoms with E-state index in [0.29, 0.717) is 5.69 Å². The molecule has 6 heteroatoms. The molecule has 2 aromatic carbocycles. The summed E-state index contributed by atoms with van der Waals surface area (Å²) in [4.78, 5) is 21.7. The fourth-order valence-electron chi connectivity index (χ4n) is 4.27. The molecule has 1 aromatic heterocycles. The first-order chi connectivity index (χ1) is 14.1. The summed E-state index contributed by atoms with van der Waals surface area (Å²) in [6, 6.07) is 18.4. The van der Waals surface area contributed by atoms with E-state index in [0.717, 1.165) is 43.4 Å². The molecule has 5 rings (SSSR count). The van der Waals surface area contributed by atoms with Crippen LogP contribution in [0.3, 0.4) is 0 Å². The van der Waals surface area contributed by atoms with Crippen LogP contribution in [0.5, 0.6) is 5.75 Å². The summed E-state index contributed by atoms with van der Waals surface area (Å²) in [5, 5.41) is 2.89. The van der Waals surface area contributed by atoms with Crippen molar-refractivity contribution in [3.63, 3.8) is 0 Å². The molecule has 0 atom stereocenters. The Morgan fingerprint density at radius 2 is 1.79 bits per heavy atom. The van der Waals surface area contributed by atoms with Crippen LogP contribution >= 0.6 is 11.3 Å². The second-order valence-corrected chi connectivity index (χ2v) is 8.95. The third-order valence-electron chi connectivity index (χ3n) is 5.80. The number of methoxy groups -OCH3 is 1. The number of anilines is 1. The Bertz CT molecular complexity index is 1000. The monoisotopic (exact) mass is 405 g/mol. The summed E-state index contributed by atoms with van der Waals surface area (Å²) in [7, 11) is 1.68. The van der Waals surface area contributed by atoms with E-state index in [1.165, 1.54) is 11.3 Å². The summed E-state index contributed by atoms with van der Waals surface area (Å²) in [5.41, 5.74) is 3.27. The van der Waals surface area contributed by atoms with Gasteiger partial charge in [0.05, 0.1) is 12.1 Å². The number of hydrogen-bond acceptors (Lipinski definition) is 5. The van der Waals surface area contributed by atoms with Gasteiger partial charge < -0.3 is 14.5 Å². The van der Waals surface area contributed by atoms with Gasteiger partial charge in [0, 0.05) is 49.1 Å². The van der Waals surface area contributed by atoms with Crippen LogP contribution in [-0.4, -0.2) is 49.1 Å². The van der Waals surface area contributed by atoms with Crippen molar-refractivity contribution in [1.29, 1.82) is 0 Å². The molecule has 1 spiro atoms. The Balaban J connectivity index is 1.15. The van der Waals surface area contributed by atoms with Gasteiger partial charge in [-0.1, -0.05) is 30.3 Å². The lowest BCUT2D eigenvalue weighted by Gasteiger charge is -2.60. The molecule has 0 N–H and O–H groups in total. The van der Waals surface area contributed by atoms with E-state index in [4.69, 9.17) is 4.74 Å². The van der Waals surface area contributed by atoms with Gasteiger partial charge in [-0.3, -0.25) is 4.79 Å². The van der Waals surface area contributed by atoms with Crippen LogP contribution in [0.25, 0.3) is 0 Å². The molecular weight excluding hydrogens is 382 g/mol. The molecule has 2 aliphatic rings. The van der Waals surface area contributed by atoms with Crippen molar-refractivity contribution in [2.75, 3.05) is 38.2 Å². The molecular formula is C23H23N3O2S. The fraction of sp³-hybridized carbons (Fsp3) is 0.304. The first-order valence-corrected chi connectivity index (χ1v) is 10.7. The summed E-state index contributed by atoms with van der Waals surface area (Å²) in [6.45, 7) is 3.65. The Morgan fingerprint density at radius 1 is 1.07 bits per heavy atom. The Kier molecular flexibility index (Phi) is 4.51. The number of aromatic nitrogens is 1. The zero-order valence-corrected chi connectivity index (χ0v) is 17.2. The predicted molar refractivity (Wildman–Crippen MR) is 115 cm³/mol. The predicted octanol–water partition coefficient (Wildman–Crippen LogP) is 3.70. The maximum absolute atomic E-state index is 12.8. The van der Waals surface area contributed by atoms with Gasteiger partial charge in [-0.15, -0.1) is 11.3 Å². The molecule has 148 valence electrons. The van der Waals surface area contributed by atoms with Gasteiger partial charge >= 0.3 is 0 Å². The molecule has 0 bridgehead atoms. The van der Waals surface area contributed by atoms with Gasteiger partial charge in [0.2, 0.25) is 0 Å². The van der Waals surface area contributed by atoms with Crippen molar-refractivity contribution in [3.8, 4) is 5.75 Å². The quantitative estimate of drug-likeness (QED) is 0.649. The summed E-state index contributed by atoms with van der Waals surface area (Å²) in [6.07, 6.45) is 0.777. The van der Waals surface area contributed by atoms with Gasteiger partial charge in [-0.25, -0.2) is 4.98 Å². The molecule has 2 saturated heterocycles. The molecule has 2 fully saturated rings. The maximum atomic E-state index is 12.8. The largest absolute Gasteiger partial charge is 0.497 e. The smallest absolute Gasteiger partial charge is 0.273 e. The van der Waals surface area contributed by atoms with Gasteiger partial charge in [0.25, 0.3) is 5.91 Å². The van der Waals surface area contributed by atoms with Crippen molar-refractivity contribution >= 4 is 22.9 Å². The number of hydrogen-bond donors (Lipinski definition) is 0. The highest BCUT2D eigenvalue weighted by Gasteiger charge is 2.53. The van der Waals surface area contributed by atoms with Crippen molar-refractivity contribution in [1.82, 2.24) is 9.88 Å². The van der Waals surface area contributed by atoms with Gasteiger partial charge in [-0.2, -0.15) is 0 Å². The van der Waals surface area contributed by atoms with Crippen LogP contribution in [0.1, 0.15) is 21.1 Å². The lowest BCUT2D eigenvalue weighted by molar-refractivity contribution is -0.0108. The minimum absolute atomic E-state index is 0.0640. The molecule has 0 aliphatic carbocycles. The summed E-state index contributed by atoms with van der Waals surface area (Å²) in [5.74, 6) is 0.938. The second-order valence-electron chi connectivity index (χ2n) is 8.00. The Hall–Kier alpha value is -2.86. The molecule has 0 unspecified atom stereocenters. The number of amides is 1. The number of ether oxygens (including phenoxy) is 1. The third kappa shape index (κ3) is 3.49. The molecule has 3 heterocycles. The highest BCUT2D eigenvalue weighted by atomic mass is 32.1. The second kappa shape index (κ2) is 7.19. The molecule has 0 saturated carbocycles. The molecule has 29 heavy (non-hydrogen) atoms. The van der Waals surface area contributed by atoms with E-state index in [-0.39, 0.29) is 11.3 Å². The van der Waals surface area contributed by atoms with Crippen LogP contribution in [-0.2, 0) is 6.42 Å². The maximum Gasteiger partial charge on any atom is 0.273 e. The number of likely N-dealkylation sites (tertiary alicyclic amines) is 1. The van der Waals surface area contributed by atoms with Crippen LogP contribution in [0.2, 0.25) is 0 Å². The number of benzene rings is 2. The highest BCUT2D eigenvalue weighted by molar-refractivity contribution is 7.09. The zero-order valence-electron chi connectivity index (χ0n) is 16.4. The lowest BCUT2D eigenvalue weighted by Crippen LogP contribution is -2.73. The fourth-order valence-corrected chi connectivity index (χ4v) is 5.07. The molecule has 1 amide bonds. The molecule has 5 nitrogen and oxygen atoms in total. The van der Waals surface area contributed by atoms with E-state index in [1.54, 1.807) is 18.4 Å². The van der Waals surface area contributed by atoms with Crippen LogP contribution in [0.4, 0.5) is 5.69 Å². The van der Waals surface area contributed by atoms with Crippen LogP contribution < -0.4 is 9.64 Å². The molecule has 3 aromatic rings. The molecule has 0 radical (unpaired) electrons. The highest BCUT2D eigenvalue weighted by Crippen LogP contribution is 2.42. The normalized spacial score (nSPS) is 17.0. The lowest BCUT2D eigenvalue weighted by atomic mass is 9.72. The van der Waals surface area contributed by atoms with Crippen molar-refractivity contribution < 1.29 is 9.53 Å². The van der Waals surface area contributed by atoms with E-state index in [1.807, 2.05) is 40.6 Å². The van der Waals surface area contributed by atoms with Gasteiger partial charge in [-0.05, 0) is 29.8 Å². The van der Waals surface area contributed by atoms with E-state index in [9.17, 15) is 4.79 Å². The Labute approximate surface area is 174 Å². The number of nitrogens with zero attached hydrogens (tertiary/aromatic N) is 3. The standard InChI is InChI=1S/C23H23N3O2S/c1-28-19-9-7-18(8-10-19)25-13-23(14-25)15-26(16-23)22(27)20-12-29-21(24-20)11-17-5-3-2-4-6-17/h2-10,12H,11,13-16H2,1H3. The average molecular weight is 406 g/mol. The van der Waals surface area contributed by atoms with Crippen molar-refractivity contribution in [2.24, 2.45) is 5.41 Å². The molecule has 2 aliphatic heterocycles. The number of thiazole rings is 1. The number of carbonyl (C=O) groups is 1. The Morgan fingerprint density at radius 3 is 2.48 bits per heavy atom. The summed E-state index contributed by atoms with van der Waals surface area (Å²) >= 11 is 1.57. The first kappa shape index (κ1) is 18.2. The average Bonchev–Trinajstić information content (AvgIpc) is 3.15. The van der Waals surface area contributed by atoms with Crippen molar-refractivity contribution in [2.45, 2.75) is 6.42 Å². The topological polar surface area (TPSA) is 45.7 Å².